The molecule has 1 rings (SSSR count). The Morgan fingerprint density at radius 2 is 2.27 bits per heavy atom. The van der Waals surface area contributed by atoms with Gasteiger partial charge in [-0.15, -0.1) is 0 Å². The summed E-state index contributed by atoms with van der Waals surface area (Å²) in [6.45, 7) is 5.62. The van der Waals surface area contributed by atoms with Crippen molar-refractivity contribution in [1.82, 2.24) is 9.78 Å². The first-order chi connectivity index (χ1) is 5.24. The van der Waals surface area contributed by atoms with Crippen LogP contribution in [0.2, 0.25) is 0 Å². The van der Waals surface area contributed by atoms with Crippen molar-refractivity contribution in [3.63, 3.8) is 0 Å². The third-order valence-electron chi connectivity index (χ3n) is 1.61. The molecule has 0 spiro atoms. The highest BCUT2D eigenvalue weighted by atomic mass is 16.5. The number of rotatable bonds is 3. The fourth-order valence-electron chi connectivity index (χ4n) is 1.08. The van der Waals surface area contributed by atoms with E-state index in [-0.39, 0.29) is 0 Å². The van der Waals surface area contributed by atoms with Crippen LogP contribution in [-0.2, 0) is 11.3 Å². The minimum atomic E-state index is 0.724. The zero-order valence-electron chi connectivity index (χ0n) is 7.29. The standard InChI is InChI=1S/C8H14N2O/c1-7-6-8(2)10(9-7)4-5-11-3/h6H,4-5H2,1-3H3. The van der Waals surface area contributed by atoms with Gasteiger partial charge in [0.2, 0.25) is 0 Å². The van der Waals surface area contributed by atoms with E-state index < -0.39 is 0 Å². The van der Waals surface area contributed by atoms with Gasteiger partial charge in [0.1, 0.15) is 0 Å². The lowest BCUT2D eigenvalue weighted by Crippen LogP contribution is -2.07. The van der Waals surface area contributed by atoms with E-state index in [1.54, 1.807) is 7.11 Å². The van der Waals surface area contributed by atoms with Crippen LogP contribution >= 0.6 is 0 Å². The number of nitrogens with zero attached hydrogens (tertiary/aromatic N) is 2. The van der Waals surface area contributed by atoms with Crippen LogP contribution in [0.4, 0.5) is 0 Å². The summed E-state index contributed by atoms with van der Waals surface area (Å²) in [7, 11) is 1.70. The summed E-state index contributed by atoms with van der Waals surface area (Å²) in [4.78, 5) is 0. The molecule has 0 fully saturated rings. The smallest absolute Gasteiger partial charge is 0.0658 e. The normalized spacial score (nSPS) is 10.5. The Morgan fingerprint density at radius 1 is 1.55 bits per heavy atom. The lowest BCUT2D eigenvalue weighted by molar-refractivity contribution is 0.182. The summed E-state index contributed by atoms with van der Waals surface area (Å²) in [5.41, 5.74) is 2.26. The molecule has 0 saturated carbocycles. The maximum Gasteiger partial charge on any atom is 0.0658 e. The van der Waals surface area contributed by atoms with E-state index in [0.29, 0.717) is 0 Å². The number of aromatic nitrogens is 2. The average molecular weight is 154 g/mol. The maximum atomic E-state index is 4.95. The number of aryl methyl sites for hydroxylation is 2. The van der Waals surface area contributed by atoms with Gasteiger partial charge < -0.3 is 4.74 Å². The zero-order valence-corrected chi connectivity index (χ0v) is 7.29. The van der Waals surface area contributed by atoms with E-state index in [1.807, 2.05) is 11.6 Å². The Hall–Kier alpha value is -0.830. The van der Waals surface area contributed by atoms with Crippen molar-refractivity contribution in [2.45, 2.75) is 20.4 Å². The first-order valence-corrected chi connectivity index (χ1v) is 3.74. The molecule has 1 aromatic rings. The molecule has 3 heteroatoms. The quantitative estimate of drug-likeness (QED) is 0.653. The van der Waals surface area contributed by atoms with Crippen molar-refractivity contribution in [3.8, 4) is 0 Å². The Morgan fingerprint density at radius 3 is 2.73 bits per heavy atom. The van der Waals surface area contributed by atoms with Crippen LogP contribution in [0.5, 0.6) is 0 Å². The van der Waals surface area contributed by atoms with Crippen LogP contribution in [-0.4, -0.2) is 23.5 Å². The minimum absolute atomic E-state index is 0.724. The Bertz CT molecular complexity index is 230. The molecule has 0 aliphatic heterocycles. The second-order valence-corrected chi connectivity index (χ2v) is 2.64. The van der Waals surface area contributed by atoms with Crippen molar-refractivity contribution in [2.24, 2.45) is 0 Å². The minimum Gasteiger partial charge on any atom is -0.383 e. The largest absolute Gasteiger partial charge is 0.383 e. The summed E-state index contributed by atoms with van der Waals surface area (Å²) < 4.78 is 6.91. The van der Waals surface area contributed by atoms with Crippen molar-refractivity contribution >= 4 is 0 Å². The maximum absolute atomic E-state index is 4.95. The number of hydrogen-bond acceptors (Lipinski definition) is 2. The van der Waals surface area contributed by atoms with Gasteiger partial charge in [-0.2, -0.15) is 5.10 Å². The molecule has 0 bridgehead atoms. The third-order valence-corrected chi connectivity index (χ3v) is 1.61. The summed E-state index contributed by atoms with van der Waals surface area (Å²) in [5.74, 6) is 0. The van der Waals surface area contributed by atoms with Crippen molar-refractivity contribution in [3.05, 3.63) is 17.5 Å². The summed E-state index contributed by atoms with van der Waals surface area (Å²) in [6.07, 6.45) is 0. The van der Waals surface area contributed by atoms with Gasteiger partial charge in [0.15, 0.2) is 0 Å². The van der Waals surface area contributed by atoms with Crippen molar-refractivity contribution in [1.29, 1.82) is 0 Å². The van der Waals surface area contributed by atoms with Crippen LogP contribution in [0.3, 0.4) is 0 Å². The number of ether oxygens (including phenoxy) is 1. The van der Waals surface area contributed by atoms with Gasteiger partial charge in [0.05, 0.1) is 18.8 Å². The van der Waals surface area contributed by atoms with Crippen LogP contribution in [0, 0.1) is 13.8 Å². The fraction of sp³-hybridized carbons (Fsp3) is 0.625. The highest BCUT2D eigenvalue weighted by molar-refractivity contribution is 5.06. The Balaban J connectivity index is 2.62. The SMILES string of the molecule is COCCn1nc(C)cc1C. The summed E-state index contributed by atoms with van der Waals surface area (Å²) in [5, 5.41) is 4.28. The van der Waals surface area contributed by atoms with Crippen LogP contribution in [0.25, 0.3) is 0 Å². The van der Waals surface area contributed by atoms with Crippen molar-refractivity contribution in [2.75, 3.05) is 13.7 Å². The highest BCUT2D eigenvalue weighted by Gasteiger charge is 1.98. The molecule has 0 aliphatic carbocycles. The predicted molar refractivity (Wildman–Crippen MR) is 43.6 cm³/mol. The summed E-state index contributed by atoms with van der Waals surface area (Å²) >= 11 is 0. The van der Waals surface area contributed by atoms with E-state index in [9.17, 15) is 0 Å². The van der Waals surface area contributed by atoms with Gasteiger partial charge >= 0.3 is 0 Å². The van der Waals surface area contributed by atoms with E-state index in [4.69, 9.17) is 4.74 Å². The van der Waals surface area contributed by atoms with Gasteiger partial charge in [-0.3, -0.25) is 4.68 Å². The first-order valence-electron chi connectivity index (χ1n) is 3.74. The molecule has 0 aromatic carbocycles. The van der Waals surface area contributed by atoms with Crippen LogP contribution in [0.15, 0.2) is 6.07 Å². The molecule has 0 aliphatic rings. The molecule has 0 amide bonds. The van der Waals surface area contributed by atoms with Gasteiger partial charge in [0, 0.05) is 12.8 Å². The molecule has 0 atom stereocenters. The molecule has 0 radical (unpaired) electrons. The topological polar surface area (TPSA) is 27.1 Å². The lowest BCUT2D eigenvalue weighted by Gasteiger charge is -2.01. The molecule has 1 aromatic heterocycles. The molecule has 0 unspecified atom stereocenters. The third kappa shape index (κ3) is 2.05. The monoisotopic (exact) mass is 154 g/mol. The van der Waals surface area contributed by atoms with Gasteiger partial charge in [-0.1, -0.05) is 0 Å². The molecule has 62 valence electrons. The molecule has 0 N–H and O–H groups in total. The van der Waals surface area contributed by atoms with E-state index in [2.05, 4.69) is 18.1 Å². The van der Waals surface area contributed by atoms with E-state index in [1.165, 1.54) is 5.69 Å². The Kier molecular flexibility index (Phi) is 2.65. The van der Waals surface area contributed by atoms with Gasteiger partial charge in [0.25, 0.3) is 0 Å². The fourth-order valence-corrected chi connectivity index (χ4v) is 1.08. The molecule has 11 heavy (non-hydrogen) atoms. The second-order valence-electron chi connectivity index (χ2n) is 2.64. The van der Waals surface area contributed by atoms with Crippen LogP contribution in [0.1, 0.15) is 11.4 Å². The number of hydrogen-bond donors (Lipinski definition) is 0. The van der Waals surface area contributed by atoms with Crippen LogP contribution < -0.4 is 0 Å². The molecular formula is C8H14N2O. The highest BCUT2D eigenvalue weighted by Crippen LogP contribution is 2.00. The molecule has 0 saturated heterocycles. The predicted octanol–water partition coefficient (Wildman–Crippen LogP) is 1.15. The molecule has 1 heterocycles. The lowest BCUT2D eigenvalue weighted by atomic mass is 10.4. The van der Waals surface area contributed by atoms with Gasteiger partial charge in [-0.25, -0.2) is 0 Å². The molecular weight excluding hydrogens is 140 g/mol. The van der Waals surface area contributed by atoms with Crippen molar-refractivity contribution < 1.29 is 4.74 Å². The van der Waals surface area contributed by atoms with E-state index in [0.717, 1.165) is 18.8 Å². The molecule has 3 nitrogen and oxygen atoms in total. The van der Waals surface area contributed by atoms with Gasteiger partial charge in [-0.05, 0) is 19.9 Å². The first kappa shape index (κ1) is 8.27. The average Bonchev–Trinajstić information content (AvgIpc) is 2.26. The Labute approximate surface area is 67.0 Å². The second kappa shape index (κ2) is 3.53. The van der Waals surface area contributed by atoms with E-state index >= 15 is 0 Å². The number of methoxy groups -OCH3 is 1. The zero-order chi connectivity index (χ0) is 8.27. The summed E-state index contributed by atoms with van der Waals surface area (Å²) in [6, 6.07) is 2.07.